The van der Waals surface area contributed by atoms with E-state index in [0.29, 0.717) is 5.02 Å². The zero-order chi connectivity index (χ0) is 22.7. The van der Waals surface area contributed by atoms with Gasteiger partial charge in [0.05, 0.1) is 53.8 Å². The molecule has 5 rings (SSSR count). The third-order valence-corrected chi connectivity index (χ3v) is 9.72. The number of aliphatic imine (C=N–C) groups is 1. The Morgan fingerprint density at radius 2 is 2.00 bits per heavy atom. The van der Waals surface area contributed by atoms with Crippen LogP contribution < -0.4 is 5.73 Å². The van der Waals surface area contributed by atoms with Crippen LogP contribution in [0.2, 0.25) is 5.02 Å². The highest BCUT2D eigenvalue weighted by molar-refractivity contribution is 7.98. The molecule has 1 aromatic carbocycles. The number of fused-ring (bicyclic) bond motifs is 1. The van der Waals surface area contributed by atoms with Gasteiger partial charge in [-0.3, -0.25) is 9.29 Å². The summed E-state index contributed by atoms with van der Waals surface area (Å²) in [7, 11) is -0.968. The molecule has 0 aliphatic carbocycles. The summed E-state index contributed by atoms with van der Waals surface area (Å²) >= 11 is 8.34. The van der Waals surface area contributed by atoms with E-state index in [4.69, 9.17) is 17.3 Å². The van der Waals surface area contributed by atoms with Crippen LogP contribution in [0.25, 0.3) is 27.0 Å². The van der Waals surface area contributed by atoms with Gasteiger partial charge in [-0.25, -0.2) is 13.9 Å². The third-order valence-electron chi connectivity index (χ3n) is 5.55. The Balaban J connectivity index is 1.64. The number of halogens is 1. The van der Waals surface area contributed by atoms with Crippen molar-refractivity contribution in [1.29, 1.82) is 0 Å². The van der Waals surface area contributed by atoms with Crippen LogP contribution in [0.5, 0.6) is 0 Å². The van der Waals surface area contributed by atoms with Crippen LogP contribution in [-0.4, -0.2) is 53.1 Å². The largest absolute Gasteiger partial charge is 0.369 e. The summed E-state index contributed by atoms with van der Waals surface area (Å²) in [5.41, 5.74) is 7.90. The molecule has 164 valence electrons. The standard InChI is InChI=1S/C21H20ClN7OS2/c1-21(12-32(3,30)28(2)20(23)26-21)19-16(22)15-8-9-24-17(18(15)31-19)13-4-6-14(7-5-13)29-11-10-25-27-29/h4-11H,3,12H2,1-2H3,(H2,23,26)/t21-,32?/m0/s1. The molecule has 1 aliphatic heterocycles. The van der Waals surface area contributed by atoms with Crippen LogP contribution >= 0.6 is 22.9 Å². The molecule has 8 nitrogen and oxygen atoms in total. The summed E-state index contributed by atoms with van der Waals surface area (Å²) in [4.78, 5) is 10.1. The molecule has 0 saturated heterocycles. The van der Waals surface area contributed by atoms with Gasteiger partial charge in [-0.15, -0.1) is 16.4 Å². The van der Waals surface area contributed by atoms with Crippen molar-refractivity contribution >= 4 is 54.6 Å². The second kappa shape index (κ2) is 7.29. The van der Waals surface area contributed by atoms with Gasteiger partial charge in [-0.2, -0.15) is 0 Å². The molecule has 0 fully saturated rings. The third kappa shape index (κ3) is 3.26. The highest BCUT2D eigenvalue weighted by atomic mass is 35.5. The van der Waals surface area contributed by atoms with Crippen LogP contribution in [0.4, 0.5) is 0 Å². The number of hydrogen-bond donors (Lipinski definition) is 1. The highest BCUT2D eigenvalue weighted by Crippen LogP contribution is 2.47. The molecule has 3 aromatic heterocycles. The van der Waals surface area contributed by atoms with Gasteiger partial charge in [-0.1, -0.05) is 28.9 Å². The van der Waals surface area contributed by atoms with Gasteiger partial charge in [0.2, 0.25) is 5.96 Å². The van der Waals surface area contributed by atoms with E-state index in [1.165, 1.54) is 15.6 Å². The van der Waals surface area contributed by atoms with E-state index in [-0.39, 0.29) is 11.7 Å². The van der Waals surface area contributed by atoms with Crippen LogP contribution in [0, 0.1) is 0 Å². The second-order valence-corrected chi connectivity index (χ2v) is 11.6. The number of hydrogen-bond acceptors (Lipinski definition) is 7. The van der Waals surface area contributed by atoms with Crippen molar-refractivity contribution in [3.05, 3.63) is 58.8 Å². The molecule has 0 saturated carbocycles. The van der Waals surface area contributed by atoms with Crippen LogP contribution in [0.3, 0.4) is 0 Å². The van der Waals surface area contributed by atoms with Crippen LogP contribution in [-0.2, 0) is 15.2 Å². The van der Waals surface area contributed by atoms with Crippen molar-refractivity contribution in [3.63, 3.8) is 0 Å². The molecule has 1 unspecified atom stereocenters. The number of guanidine groups is 1. The lowest BCUT2D eigenvalue weighted by molar-refractivity contribution is 0.522. The fourth-order valence-electron chi connectivity index (χ4n) is 3.84. The Hall–Kier alpha value is -2.95. The zero-order valence-electron chi connectivity index (χ0n) is 17.4. The summed E-state index contributed by atoms with van der Waals surface area (Å²) in [6.07, 6.45) is 5.16. The Labute approximate surface area is 194 Å². The van der Waals surface area contributed by atoms with Gasteiger partial charge in [0.1, 0.15) is 5.54 Å². The Morgan fingerprint density at radius 1 is 1.25 bits per heavy atom. The molecular weight excluding hydrogens is 466 g/mol. The van der Waals surface area contributed by atoms with Crippen molar-refractivity contribution in [1.82, 2.24) is 24.3 Å². The molecule has 0 radical (unpaired) electrons. The maximum absolute atomic E-state index is 13.1. The first-order valence-electron chi connectivity index (χ1n) is 9.68. The van der Waals surface area contributed by atoms with E-state index in [2.05, 4.69) is 26.2 Å². The molecular formula is C21H20ClN7OS2. The lowest BCUT2D eigenvalue weighted by Crippen LogP contribution is -2.50. The average Bonchev–Trinajstić information content (AvgIpc) is 3.41. The molecule has 32 heavy (non-hydrogen) atoms. The van der Waals surface area contributed by atoms with E-state index in [1.54, 1.807) is 30.3 Å². The van der Waals surface area contributed by atoms with E-state index < -0.39 is 15.2 Å². The molecule has 1 aliphatic rings. The topological polar surface area (TPSA) is 102 Å². The summed E-state index contributed by atoms with van der Waals surface area (Å²) < 4.78 is 17.1. The number of nitrogens with zero attached hydrogens (tertiary/aromatic N) is 6. The van der Waals surface area contributed by atoms with E-state index in [0.717, 1.165) is 31.9 Å². The van der Waals surface area contributed by atoms with E-state index in [9.17, 15) is 4.21 Å². The number of rotatable bonds is 3. The van der Waals surface area contributed by atoms with Crippen molar-refractivity contribution in [2.45, 2.75) is 12.5 Å². The second-order valence-electron chi connectivity index (χ2n) is 7.83. The molecule has 2 N–H and O–H groups in total. The number of benzene rings is 1. The van der Waals surface area contributed by atoms with Crippen molar-refractivity contribution in [2.75, 3.05) is 12.8 Å². The SMILES string of the molecule is C=S1(=O)C[C@@](C)(c2sc3c(-c4ccc(-n5ccnn5)cc4)nccc3c2Cl)N=C(N)N1C. The molecule has 2 atom stereocenters. The molecule has 0 spiro atoms. The van der Waals surface area contributed by atoms with E-state index >= 15 is 0 Å². The first-order valence-corrected chi connectivity index (χ1v) is 12.7. The van der Waals surface area contributed by atoms with Gasteiger partial charge in [0, 0.05) is 24.2 Å². The smallest absolute Gasteiger partial charge is 0.203 e. The molecule has 0 amide bonds. The van der Waals surface area contributed by atoms with Crippen molar-refractivity contribution in [3.8, 4) is 16.9 Å². The minimum absolute atomic E-state index is 0.189. The summed E-state index contributed by atoms with van der Waals surface area (Å²) in [6, 6.07) is 9.78. The molecule has 0 bridgehead atoms. The monoisotopic (exact) mass is 485 g/mol. The maximum atomic E-state index is 13.1. The van der Waals surface area contributed by atoms with Crippen LogP contribution in [0.1, 0.15) is 11.8 Å². The summed E-state index contributed by atoms with van der Waals surface area (Å²) in [6.45, 7) is 1.90. The van der Waals surface area contributed by atoms with Gasteiger partial charge in [0.25, 0.3) is 0 Å². The molecule has 11 heteroatoms. The maximum Gasteiger partial charge on any atom is 0.203 e. The minimum Gasteiger partial charge on any atom is -0.369 e. The first-order chi connectivity index (χ1) is 15.2. The quantitative estimate of drug-likeness (QED) is 0.448. The number of pyridine rings is 1. The lowest BCUT2D eigenvalue weighted by atomic mass is 10.0. The predicted molar refractivity (Wildman–Crippen MR) is 132 cm³/mol. The first kappa shape index (κ1) is 20.9. The Bertz CT molecular complexity index is 1460. The Morgan fingerprint density at radius 3 is 2.66 bits per heavy atom. The predicted octanol–water partition coefficient (Wildman–Crippen LogP) is 3.30. The van der Waals surface area contributed by atoms with Crippen molar-refractivity contribution in [2.24, 2.45) is 10.7 Å². The summed E-state index contributed by atoms with van der Waals surface area (Å²) in [5, 5.41) is 9.31. The lowest BCUT2D eigenvalue weighted by Gasteiger charge is -2.36. The van der Waals surface area contributed by atoms with Gasteiger partial charge in [-0.05, 0) is 31.0 Å². The fourth-order valence-corrected chi connectivity index (χ4v) is 7.42. The average molecular weight is 486 g/mol. The minimum atomic E-state index is -2.61. The van der Waals surface area contributed by atoms with Gasteiger partial charge < -0.3 is 5.73 Å². The van der Waals surface area contributed by atoms with Crippen molar-refractivity contribution < 1.29 is 4.21 Å². The number of aromatic nitrogens is 4. The fraction of sp³-hybridized carbons (Fsp3) is 0.190. The van der Waals surface area contributed by atoms with E-state index in [1.807, 2.05) is 37.3 Å². The van der Waals surface area contributed by atoms with Gasteiger partial charge >= 0.3 is 0 Å². The Kier molecular flexibility index (Phi) is 4.77. The molecule has 4 heterocycles. The number of nitrogens with two attached hydrogens (primary N) is 1. The van der Waals surface area contributed by atoms with Crippen LogP contribution in [0.15, 0.2) is 53.9 Å². The number of thiophene rings is 1. The van der Waals surface area contributed by atoms with Gasteiger partial charge in [0.15, 0.2) is 0 Å². The highest BCUT2D eigenvalue weighted by Gasteiger charge is 2.40. The molecule has 4 aromatic rings. The zero-order valence-corrected chi connectivity index (χ0v) is 19.8. The summed E-state index contributed by atoms with van der Waals surface area (Å²) in [5.74, 6) is 4.30. The normalized spacial score (nSPS) is 23.5.